The summed E-state index contributed by atoms with van der Waals surface area (Å²) in [5.74, 6) is 1.51. The Balaban J connectivity index is 1.88. The van der Waals surface area contributed by atoms with Crippen molar-refractivity contribution in [1.29, 1.82) is 0 Å². The van der Waals surface area contributed by atoms with Crippen LogP contribution >= 0.6 is 45.8 Å². The van der Waals surface area contributed by atoms with E-state index in [-0.39, 0.29) is 6.01 Å². The second kappa shape index (κ2) is 8.32. The molecule has 0 aliphatic rings. The zero-order valence-corrected chi connectivity index (χ0v) is 17.3. The molecule has 1 aromatic heterocycles. The molecule has 0 unspecified atom stereocenters. The topological polar surface area (TPSA) is 83.4 Å². The molecule has 0 radical (unpaired) electrons. The minimum atomic E-state index is 0.00733. The van der Waals surface area contributed by atoms with Gasteiger partial charge >= 0.3 is 6.01 Å². The molecule has 0 amide bonds. The van der Waals surface area contributed by atoms with Crippen molar-refractivity contribution in [3.05, 3.63) is 49.5 Å². The predicted octanol–water partition coefficient (Wildman–Crippen LogP) is 5.21. The van der Waals surface area contributed by atoms with Crippen LogP contribution in [0.1, 0.15) is 12.5 Å². The molecule has 0 aliphatic heterocycles. The number of benzene rings is 2. The van der Waals surface area contributed by atoms with Crippen LogP contribution in [0.2, 0.25) is 10.0 Å². The molecule has 0 saturated heterocycles. The third-order valence-electron chi connectivity index (χ3n) is 3.36. The largest absolute Gasteiger partial charge is 0.490 e. The van der Waals surface area contributed by atoms with Crippen LogP contribution < -0.4 is 15.2 Å². The number of rotatable bonds is 6. The Morgan fingerprint density at radius 1 is 1.12 bits per heavy atom. The molecule has 2 aromatic carbocycles. The fraction of sp³-hybridized carbons (Fsp3) is 0.176. The van der Waals surface area contributed by atoms with Gasteiger partial charge < -0.3 is 19.6 Å². The van der Waals surface area contributed by atoms with Crippen molar-refractivity contribution in [3.8, 4) is 23.0 Å². The maximum absolute atomic E-state index is 6.05. The molecule has 0 atom stereocenters. The molecule has 136 valence electrons. The van der Waals surface area contributed by atoms with Gasteiger partial charge in [-0.25, -0.2) is 0 Å². The van der Waals surface area contributed by atoms with Gasteiger partial charge in [0.2, 0.25) is 5.89 Å². The van der Waals surface area contributed by atoms with E-state index in [0.717, 1.165) is 9.13 Å². The Morgan fingerprint density at radius 2 is 1.92 bits per heavy atom. The van der Waals surface area contributed by atoms with Gasteiger partial charge in [-0.05, 0) is 59.3 Å². The lowest BCUT2D eigenvalue weighted by Crippen LogP contribution is -2.02. The average molecular weight is 506 g/mol. The summed E-state index contributed by atoms with van der Waals surface area (Å²) in [6.07, 6.45) is 0. The van der Waals surface area contributed by atoms with Crippen molar-refractivity contribution < 1.29 is 13.9 Å². The monoisotopic (exact) mass is 505 g/mol. The van der Waals surface area contributed by atoms with Gasteiger partial charge in [0.05, 0.1) is 20.2 Å². The average Bonchev–Trinajstić information content (AvgIpc) is 3.04. The standard InChI is InChI=1S/C17H14Cl2IN3O3/c1-2-24-14-7-10(16-22-23-17(21)26-16)6-13(20)15(14)25-8-9-3-4-11(18)12(19)5-9/h3-7H,2,8H2,1H3,(H2,21,23). The number of anilines is 1. The molecular weight excluding hydrogens is 492 g/mol. The minimum absolute atomic E-state index is 0.00733. The van der Waals surface area contributed by atoms with Gasteiger partial charge in [0, 0.05) is 5.56 Å². The number of ether oxygens (including phenoxy) is 2. The molecule has 0 fully saturated rings. The summed E-state index contributed by atoms with van der Waals surface area (Å²) in [6, 6.07) is 9.01. The van der Waals surface area contributed by atoms with E-state index in [1.807, 2.05) is 19.1 Å². The van der Waals surface area contributed by atoms with Crippen molar-refractivity contribution in [3.63, 3.8) is 0 Å². The van der Waals surface area contributed by atoms with Crippen molar-refractivity contribution in [2.45, 2.75) is 13.5 Å². The summed E-state index contributed by atoms with van der Waals surface area (Å²) < 4.78 is 17.8. The van der Waals surface area contributed by atoms with Gasteiger partial charge in [-0.1, -0.05) is 34.4 Å². The van der Waals surface area contributed by atoms with Gasteiger partial charge in [0.25, 0.3) is 0 Å². The van der Waals surface area contributed by atoms with Crippen LogP contribution in [-0.2, 0) is 6.61 Å². The third kappa shape index (κ3) is 4.33. The summed E-state index contributed by atoms with van der Waals surface area (Å²) in [4.78, 5) is 0. The van der Waals surface area contributed by atoms with Crippen LogP contribution in [0.5, 0.6) is 11.5 Å². The Morgan fingerprint density at radius 3 is 2.58 bits per heavy atom. The molecule has 0 aliphatic carbocycles. The zero-order valence-electron chi connectivity index (χ0n) is 13.6. The van der Waals surface area contributed by atoms with E-state index in [1.54, 1.807) is 18.2 Å². The fourth-order valence-electron chi connectivity index (χ4n) is 2.23. The molecule has 6 nitrogen and oxygen atoms in total. The molecule has 0 bridgehead atoms. The predicted molar refractivity (Wildman–Crippen MR) is 109 cm³/mol. The molecule has 2 N–H and O–H groups in total. The quantitative estimate of drug-likeness (QED) is 0.463. The van der Waals surface area contributed by atoms with E-state index in [0.29, 0.717) is 46.2 Å². The number of aromatic nitrogens is 2. The Labute approximate surface area is 173 Å². The zero-order chi connectivity index (χ0) is 18.7. The van der Waals surface area contributed by atoms with Crippen molar-refractivity contribution in [2.75, 3.05) is 12.3 Å². The lowest BCUT2D eigenvalue weighted by Gasteiger charge is -2.15. The van der Waals surface area contributed by atoms with E-state index in [2.05, 4.69) is 32.8 Å². The summed E-state index contributed by atoms with van der Waals surface area (Å²) in [7, 11) is 0. The molecule has 0 spiro atoms. The minimum Gasteiger partial charge on any atom is -0.490 e. The maximum Gasteiger partial charge on any atom is 0.313 e. The van der Waals surface area contributed by atoms with Gasteiger partial charge in [-0.3, -0.25) is 0 Å². The summed E-state index contributed by atoms with van der Waals surface area (Å²) in [5.41, 5.74) is 7.09. The second-order valence-electron chi connectivity index (χ2n) is 5.20. The van der Waals surface area contributed by atoms with Crippen molar-refractivity contribution in [1.82, 2.24) is 10.2 Å². The normalized spacial score (nSPS) is 10.8. The third-order valence-corrected chi connectivity index (χ3v) is 4.90. The van der Waals surface area contributed by atoms with Gasteiger partial charge in [0.15, 0.2) is 11.5 Å². The highest BCUT2D eigenvalue weighted by Gasteiger charge is 2.16. The van der Waals surface area contributed by atoms with Crippen LogP contribution in [0.4, 0.5) is 6.01 Å². The van der Waals surface area contributed by atoms with Crippen molar-refractivity contribution in [2.24, 2.45) is 0 Å². The van der Waals surface area contributed by atoms with E-state index in [4.69, 9.17) is 42.8 Å². The first-order chi connectivity index (χ1) is 12.5. The van der Waals surface area contributed by atoms with Gasteiger partial charge in [-0.15, -0.1) is 5.10 Å². The van der Waals surface area contributed by atoms with Gasteiger partial charge in [-0.2, -0.15) is 0 Å². The van der Waals surface area contributed by atoms with E-state index >= 15 is 0 Å². The lowest BCUT2D eigenvalue weighted by atomic mass is 10.2. The first-order valence-electron chi connectivity index (χ1n) is 7.60. The Kier molecular flexibility index (Phi) is 6.10. The van der Waals surface area contributed by atoms with Crippen LogP contribution in [0.15, 0.2) is 34.7 Å². The van der Waals surface area contributed by atoms with Crippen LogP contribution in [0.25, 0.3) is 11.5 Å². The molecular formula is C17H14Cl2IN3O3. The van der Waals surface area contributed by atoms with Crippen LogP contribution in [0, 0.1) is 3.57 Å². The summed E-state index contributed by atoms with van der Waals surface area (Å²) in [5, 5.41) is 8.56. The smallest absolute Gasteiger partial charge is 0.313 e. The molecule has 26 heavy (non-hydrogen) atoms. The summed E-state index contributed by atoms with van der Waals surface area (Å²) in [6.45, 7) is 2.70. The molecule has 1 heterocycles. The number of halogens is 3. The number of hydrogen-bond acceptors (Lipinski definition) is 6. The highest BCUT2D eigenvalue weighted by Crippen LogP contribution is 2.38. The maximum atomic E-state index is 6.05. The first kappa shape index (κ1) is 19.1. The molecule has 0 saturated carbocycles. The van der Waals surface area contributed by atoms with Gasteiger partial charge in [0.1, 0.15) is 6.61 Å². The number of nitrogens with two attached hydrogens (primary N) is 1. The Hall–Kier alpha value is -1.71. The second-order valence-corrected chi connectivity index (χ2v) is 7.18. The molecule has 9 heteroatoms. The number of hydrogen-bond donors (Lipinski definition) is 1. The van der Waals surface area contributed by atoms with Crippen LogP contribution in [0.3, 0.4) is 0 Å². The molecule has 3 rings (SSSR count). The summed E-state index contributed by atoms with van der Waals surface area (Å²) >= 11 is 14.2. The molecule has 3 aromatic rings. The first-order valence-corrected chi connectivity index (χ1v) is 9.43. The SMILES string of the molecule is CCOc1cc(-c2nnc(N)o2)cc(I)c1OCc1ccc(Cl)c(Cl)c1. The lowest BCUT2D eigenvalue weighted by molar-refractivity contribution is 0.267. The number of nitrogens with zero attached hydrogens (tertiary/aromatic N) is 2. The number of nitrogen functional groups attached to an aromatic ring is 1. The fourth-order valence-corrected chi connectivity index (χ4v) is 3.31. The van der Waals surface area contributed by atoms with E-state index < -0.39 is 0 Å². The van der Waals surface area contributed by atoms with Crippen LogP contribution in [-0.4, -0.2) is 16.8 Å². The highest BCUT2D eigenvalue weighted by molar-refractivity contribution is 14.1. The Bertz CT molecular complexity index is 934. The van der Waals surface area contributed by atoms with E-state index in [9.17, 15) is 0 Å². The van der Waals surface area contributed by atoms with Crippen molar-refractivity contribution >= 4 is 51.8 Å². The highest BCUT2D eigenvalue weighted by atomic mass is 127. The van der Waals surface area contributed by atoms with E-state index in [1.165, 1.54) is 0 Å².